The van der Waals surface area contributed by atoms with Crippen LogP contribution in [-0.2, 0) is 4.74 Å². The van der Waals surface area contributed by atoms with Gasteiger partial charge in [0.25, 0.3) is 0 Å². The third kappa shape index (κ3) is 2.05. The fourth-order valence-electron chi connectivity index (χ4n) is 0.615. The lowest BCUT2D eigenvalue weighted by Crippen LogP contribution is -2.11. The molecule has 5 heteroatoms. The first-order valence-electron chi connectivity index (χ1n) is 3.06. The number of carbonyl (C=O) groups excluding carboxylic acids is 1. The number of carboxylic acid groups (broad SMARTS) is 1. The Morgan fingerprint density at radius 1 is 1.42 bits per heavy atom. The molecule has 1 aromatic rings. The Hall–Kier alpha value is -1.91. The molecule has 12 heavy (non-hydrogen) atoms. The minimum absolute atomic E-state index is 0.0279. The predicted molar refractivity (Wildman–Crippen MR) is 37.7 cm³/mol. The number of hydrogen-bond donors (Lipinski definition) is 1. The zero-order chi connectivity index (χ0) is 8.97. The van der Waals surface area contributed by atoms with Gasteiger partial charge < -0.3 is 9.84 Å². The van der Waals surface area contributed by atoms with E-state index in [1.54, 1.807) is 12.1 Å². The summed E-state index contributed by atoms with van der Waals surface area (Å²) in [5, 5.41) is 8.07. The first-order valence-corrected chi connectivity index (χ1v) is 3.06. The molecule has 0 aliphatic rings. The van der Waals surface area contributed by atoms with Gasteiger partial charge in [0.2, 0.25) is 0 Å². The number of ether oxygens (including phenoxy) is 1. The highest BCUT2D eigenvalue weighted by Gasteiger charge is 2.11. The van der Waals surface area contributed by atoms with Crippen molar-refractivity contribution in [2.45, 2.75) is 0 Å². The van der Waals surface area contributed by atoms with Gasteiger partial charge in [0.15, 0.2) is 0 Å². The number of esters is 1. The number of hydrogen-bond acceptors (Lipinski definition) is 4. The molecule has 0 spiro atoms. The molecule has 1 N–H and O–H groups in total. The second kappa shape index (κ2) is 3.47. The number of nitrogens with zero attached hydrogens (tertiary/aromatic N) is 1. The summed E-state index contributed by atoms with van der Waals surface area (Å²) in [4.78, 5) is 24.3. The topological polar surface area (TPSA) is 76.5 Å². The van der Waals surface area contributed by atoms with Crippen molar-refractivity contribution in [1.29, 1.82) is 0 Å². The molecule has 0 radical (unpaired) electrons. The normalized spacial score (nSPS) is 9.00. The van der Waals surface area contributed by atoms with E-state index in [4.69, 9.17) is 5.11 Å². The summed E-state index contributed by atoms with van der Waals surface area (Å²) in [5.74, 6) is -0.969. The van der Waals surface area contributed by atoms with Gasteiger partial charge in [0.05, 0.1) is 0 Å². The van der Waals surface area contributed by atoms with Crippen LogP contribution in [0.3, 0.4) is 0 Å². The average Bonchev–Trinajstić information content (AvgIpc) is 2.05. The summed E-state index contributed by atoms with van der Waals surface area (Å²) in [6.45, 7) is 0. The number of carbonyl (C=O) groups is 2. The average molecular weight is 167 g/mol. The van der Waals surface area contributed by atoms with Crippen LogP contribution in [0, 0.1) is 0 Å². The quantitative estimate of drug-likeness (QED) is 0.497. The van der Waals surface area contributed by atoms with E-state index in [0.29, 0.717) is 0 Å². The maximum absolute atomic E-state index is 10.8. The molecule has 0 aliphatic carbocycles. The molecule has 0 unspecified atom stereocenters. The SMILES string of the molecule is O=C(O)OC(=O)c1ccccn1. The van der Waals surface area contributed by atoms with E-state index < -0.39 is 12.1 Å². The molecule has 1 heterocycles. The smallest absolute Gasteiger partial charge is 0.449 e. The van der Waals surface area contributed by atoms with Crippen molar-refractivity contribution in [3.05, 3.63) is 30.1 Å². The van der Waals surface area contributed by atoms with Crippen molar-refractivity contribution in [2.24, 2.45) is 0 Å². The fraction of sp³-hybridized carbons (Fsp3) is 0. The minimum atomic E-state index is -1.63. The highest BCUT2D eigenvalue weighted by molar-refractivity contribution is 5.93. The lowest BCUT2D eigenvalue weighted by Gasteiger charge is -1.95. The van der Waals surface area contributed by atoms with Crippen LogP contribution in [0.1, 0.15) is 10.5 Å². The Balaban J connectivity index is 2.73. The van der Waals surface area contributed by atoms with Crippen molar-refractivity contribution in [3.63, 3.8) is 0 Å². The van der Waals surface area contributed by atoms with Gasteiger partial charge in [-0.1, -0.05) is 6.07 Å². The van der Waals surface area contributed by atoms with E-state index in [-0.39, 0.29) is 5.69 Å². The van der Waals surface area contributed by atoms with Gasteiger partial charge in [-0.2, -0.15) is 0 Å². The van der Waals surface area contributed by atoms with E-state index in [1.165, 1.54) is 12.3 Å². The summed E-state index contributed by atoms with van der Waals surface area (Å²) in [7, 11) is 0. The third-order valence-electron chi connectivity index (χ3n) is 1.05. The molecular weight excluding hydrogens is 162 g/mol. The maximum atomic E-state index is 10.8. The van der Waals surface area contributed by atoms with Gasteiger partial charge in [-0.3, -0.25) is 0 Å². The minimum Gasteiger partial charge on any atom is -0.449 e. The molecule has 5 nitrogen and oxygen atoms in total. The maximum Gasteiger partial charge on any atom is 0.513 e. The van der Waals surface area contributed by atoms with Gasteiger partial charge in [-0.15, -0.1) is 0 Å². The first kappa shape index (κ1) is 8.19. The van der Waals surface area contributed by atoms with Crippen LogP contribution in [0.5, 0.6) is 0 Å². The molecule has 1 rings (SSSR count). The third-order valence-corrected chi connectivity index (χ3v) is 1.05. The molecule has 0 saturated carbocycles. The van der Waals surface area contributed by atoms with Crippen molar-refractivity contribution in [2.75, 3.05) is 0 Å². The zero-order valence-corrected chi connectivity index (χ0v) is 5.93. The highest BCUT2D eigenvalue weighted by atomic mass is 16.7. The Bertz CT molecular complexity index is 296. The molecule has 0 bridgehead atoms. The van der Waals surface area contributed by atoms with Gasteiger partial charge in [0.1, 0.15) is 5.69 Å². The molecule has 0 fully saturated rings. The highest BCUT2D eigenvalue weighted by Crippen LogP contribution is 1.96. The first-order chi connectivity index (χ1) is 5.70. The largest absolute Gasteiger partial charge is 0.513 e. The monoisotopic (exact) mass is 167 g/mol. The molecule has 0 amide bonds. The van der Waals surface area contributed by atoms with E-state index in [9.17, 15) is 9.59 Å². The van der Waals surface area contributed by atoms with Crippen LogP contribution >= 0.6 is 0 Å². The van der Waals surface area contributed by atoms with Crippen molar-refractivity contribution in [1.82, 2.24) is 4.98 Å². The summed E-state index contributed by atoms with van der Waals surface area (Å²) in [6.07, 6.45) is -0.260. The molecule has 0 aliphatic heterocycles. The zero-order valence-electron chi connectivity index (χ0n) is 5.93. The summed E-state index contributed by atoms with van der Waals surface area (Å²) in [6, 6.07) is 4.54. The van der Waals surface area contributed by atoms with Crippen LogP contribution in [0.25, 0.3) is 0 Å². The lowest BCUT2D eigenvalue weighted by molar-refractivity contribution is 0.0503. The van der Waals surface area contributed by atoms with E-state index in [1.807, 2.05) is 0 Å². The molecule has 0 aromatic carbocycles. The summed E-state index contributed by atoms with van der Waals surface area (Å²) in [5.41, 5.74) is -0.0279. The second-order valence-electron chi connectivity index (χ2n) is 1.87. The van der Waals surface area contributed by atoms with Crippen LogP contribution in [0.15, 0.2) is 24.4 Å². The molecule has 62 valence electrons. The Morgan fingerprint density at radius 3 is 2.67 bits per heavy atom. The molecular formula is C7H5NO4. The summed E-state index contributed by atoms with van der Waals surface area (Å²) < 4.78 is 3.85. The second-order valence-corrected chi connectivity index (χ2v) is 1.87. The fourth-order valence-corrected chi connectivity index (χ4v) is 0.615. The predicted octanol–water partition coefficient (Wildman–Crippen LogP) is 0.916. The Labute approximate surface area is 67.6 Å². The van der Waals surface area contributed by atoms with Crippen LogP contribution < -0.4 is 0 Å². The van der Waals surface area contributed by atoms with E-state index in [2.05, 4.69) is 9.72 Å². The molecule has 1 aromatic heterocycles. The van der Waals surface area contributed by atoms with Gasteiger partial charge in [-0.05, 0) is 12.1 Å². The number of aromatic nitrogens is 1. The Morgan fingerprint density at radius 2 is 2.17 bits per heavy atom. The van der Waals surface area contributed by atoms with Gasteiger partial charge >= 0.3 is 12.1 Å². The van der Waals surface area contributed by atoms with Gasteiger partial charge in [0, 0.05) is 6.20 Å². The van der Waals surface area contributed by atoms with Crippen LogP contribution in [-0.4, -0.2) is 22.2 Å². The van der Waals surface area contributed by atoms with Crippen LogP contribution in [0.2, 0.25) is 0 Å². The number of rotatable bonds is 1. The lowest BCUT2D eigenvalue weighted by atomic mass is 10.4. The summed E-state index contributed by atoms with van der Waals surface area (Å²) >= 11 is 0. The van der Waals surface area contributed by atoms with E-state index >= 15 is 0 Å². The Kier molecular flexibility index (Phi) is 2.37. The standard InChI is InChI=1S/C7H5NO4/c9-6(12-7(10)11)5-3-1-2-4-8-5/h1-4H,(H,10,11). The molecule has 0 saturated heterocycles. The van der Waals surface area contributed by atoms with Crippen molar-refractivity contribution < 1.29 is 19.4 Å². The number of pyridine rings is 1. The van der Waals surface area contributed by atoms with E-state index in [0.717, 1.165) is 0 Å². The van der Waals surface area contributed by atoms with Crippen LogP contribution in [0.4, 0.5) is 4.79 Å². The van der Waals surface area contributed by atoms with Gasteiger partial charge in [-0.25, -0.2) is 14.6 Å². The van der Waals surface area contributed by atoms with Crippen molar-refractivity contribution >= 4 is 12.1 Å². The molecule has 0 atom stereocenters. The van der Waals surface area contributed by atoms with Crippen molar-refractivity contribution in [3.8, 4) is 0 Å².